The molecule has 1 aromatic carbocycles. The van der Waals surface area contributed by atoms with E-state index in [-0.39, 0.29) is 18.1 Å². The van der Waals surface area contributed by atoms with E-state index in [1.54, 1.807) is 18.2 Å². The third-order valence-corrected chi connectivity index (χ3v) is 5.67. The van der Waals surface area contributed by atoms with E-state index in [9.17, 15) is 21.6 Å². The summed E-state index contributed by atoms with van der Waals surface area (Å²) in [7, 11) is -6.50. The number of anilines is 2. The summed E-state index contributed by atoms with van der Waals surface area (Å²) >= 11 is 0. The molecule has 0 bridgehead atoms. The smallest absolute Gasteiger partial charge is 0.232 e. The third kappa shape index (κ3) is 4.93. The number of nitrogens with one attached hydrogen (secondary N) is 1. The van der Waals surface area contributed by atoms with E-state index >= 15 is 0 Å². The van der Waals surface area contributed by atoms with Crippen molar-refractivity contribution in [2.24, 2.45) is 0 Å². The fraction of sp³-hybridized carbons (Fsp3) is 0.500. The fourth-order valence-corrected chi connectivity index (χ4v) is 4.04. The molecular weight excluding hydrogens is 340 g/mol. The SMILES string of the molecule is CS(=O)(=O)CCC(=O)Nc1ccc2c(c1)CCCN2S(C)(=O)=O. The van der Waals surface area contributed by atoms with Gasteiger partial charge in [0.05, 0.1) is 17.7 Å². The van der Waals surface area contributed by atoms with Gasteiger partial charge in [0.25, 0.3) is 0 Å². The van der Waals surface area contributed by atoms with Gasteiger partial charge in [-0.15, -0.1) is 0 Å². The van der Waals surface area contributed by atoms with E-state index < -0.39 is 19.9 Å². The summed E-state index contributed by atoms with van der Waals surface area (Å²) in [6, 6.07) is 5.04. The third-order valence-electron chi connectivity index (χ3n) is 3.54. The number of fused-ring (bicyclic) bond motifs is 1. The number of rotatable bonds is 5. The Kier molecular flexibility index (Phi) is 5.00. The van der Waals surface area contributed by atoms with Crippen molar-refractivity contribution in [1.82, 2.24) is 0 Å². The van der Waals surface area contributed by atoms with E-state index in [1.165, 1.54) is 10.6 Å². The number of hydrogen-bond acceptors (Lipinski definition) is 5. The van der Waals surface area contributed by atoms with Gasteiger partial charge in [-0.25, -0.2) is 16.8 Å². The minimum atomic E-state index is -3.32. The van der Waals surface area contributed by atoms with Crippen molar-refractivity contribution in [2.75, 3.05) is 34.4 Å². The number of sulfone groups is 1. The first-order chi connectivity index (χ1) is 10.6. The van der Waals surface area contributed by atoms with Crippen LogP contribution in [0.2, 0.25) is 0 Å². The maximum absolute atomic E-state index is 11.8. The highest BCUT2D eigenvalue weighted by atomic mass is 32.2. The Balaban J connectivity index is 2.14. The first-order valence-electron chi connectivity index (χ1n) is 7.14. The van der Waals surface area contributed by atoms with Crippen molar-refractivity contribution in [3.05, 3.63) is 23.8 Å². The summed E-state index contributed by atoms with van der Waals surface area (Å²) in [5, 5.41) is 2.65. The molecule has 23 heavy (non-hydrogen) atoms. The molecule has 0 unspecified atom stereocenters. The molecule has 1 N–H and O–H groups in total. The summed E-state index contributed by atoms with van der Waals surface area (Å²) in [5.41, 5.74) is 2.02. The van der Waals surface area contributed by atoms with Gasteiger partial charge in [-0.05, 0) is 36.6 Å². The number of hydrogen-bond donors (Lipinski definition) is 1. The van der Waals surface area contributed by atoms with Crippen LogP contribution in [0.4, 0.5) is 11.4 Å². The van der Waals surface area contributed by atoms with E-state index in [0.29, 0.717) is 24.3 Å². The lowest BCUT2D eigenvalue weighted by Gasteiger charge is -2.29. The highest BCUT2D eigenvalue weighted by Crippen LogP contribution is 2.31. The molecule has 0 aromatic heterocycles. The van der Waals surface area contributed by atoms with Crippen LogP contribution in [0.1, 0.15) is 18.4 Å². The molecule has 128 valence electrons. The standard InChI is InChI=1S/C14H20N2O5S2/c1-22(18,19)9-7-14(17)15-12-5-6-13-11(10-12)4-3-8-16(13)23(2,20)21/h5-6,10H,3-4,7-9H2,1-2H3,(H,15,17). The second-order valence-electron chi connectivity index (χ2n) is 5.71. The van der Waals surface area contributed by atoms with Crippen LogP contribution in [-0.2, 0) is 31.1 Å². The van der Waals surface area contributed by atoms with Gasteiger partial charge in [0.2, 0.25) is 15.9 Å². The number of aryl methyl sites for hydroxylation is 1. The zero-order valence-corrected chi connectivity index (χ0v) is 14.7. The molecule has 0 aliphatic carbocycles. The van der Waals surface area contributed by atoms with Crippen LogP contribution in [0.15, 0.2) is 18.2 Å². The van der Waals surface area contributed by atoms with Crippen molar-refractivity contribution in [3.63, 3.8) is 0 Å². The number of carbonyl (C=O) groups excluding carboxylic acids is 1. The Morgan fingerprint density at radius 2 is 1.91 bits per heavy atom. The molecule has 1 aromatic rings. The van der Waals surface area contributed by atoms with Crippen LogP contribution < -0.4 is 9.62 Å². The van der Waals surface area contributed by atoms with Gasteiger partial charge in [0, 0.05) is 24.9 Å². The lowest BCUT2D eigenvalue weighted by Crippen LogP contribution is -2.34. The first-order valence-corrected chi connectivity index (χ1v) is 11.1. The molecule has 0 saturated heterocycles. The van der Waals surface area contributed by atoms with Crippen LogP contribution in [0.3, 0.4) is 0 Å². The molecule has 2 rings (SSSR count). The van der Waals surface area contributed by atoms with Gasteiger partial charge in [0.1, 0.15) is 9.84 Å². The molecule has 7 nitrogen and oxygen atoms in total. The first kappa shape index (κ1) is 17.7. The molecule has 0 fully saturated rings. The van der Waals surface area contributed by atoms with Gasteiger partial charge in [-0.2, -0.15) is 0 Å². The van der Waals surface area contributed by atoms with Crippen molar-refractivity contribution in [3.8, 4) is 0 Å². The largest absolute Gasteiger partial charge is 0.326 e. The summed E-state index contributed by atoms with van der Waals surface area (Å²) in [5.74, 6) is -0.586. The molecule has 0 radical (unpaired) electrons. The predicted molar refractivity (Wildman–Crippen MR) is 89.9 cm³/mol. The maximum Gasteiger partial charge on any atom is 0.232 e. The second kappa shape index (κ2) is 6.48. The lowest BCUT2D eigenvalue weighted by molar-refractivity contribution is -0.115. The topological polar surface area (TPSA) is 101 Å². The average Bonchev–Trinajstić information content (AvgIpc) is 2.42. The Morgan fingerprint density at radius 1 is 1.22 bits per heavy atom. The van der Waals surface area contributed by atoms with Gasteiger partial charge in [-0.3, -0.25) is 9.10 Å². The van der Waals surface area contributed by atoms with Gasteiger partial charge in [-0.1, -0.05) is 0 Å². The molecule has 9 heteroatoms. The van der Waals surface area contributed by atoms with Crippen LogP contribution in [0.25, 0.3) is 0 Å². The molecule has 0 saturated carbocycles. The van der Waals surface area contributed by atoms with Gasteiger partial charge in [0.15, 0.2) is 0 Å². The number of benzene rings is 1. The summed E-state index contributed by atoms with van der Waals surface area (Å²) in [6.45, 7) is 0.450. The van der Waals surface area contributed by atoms with Crippen LogP contribution in [-0.4, -0.2) is 47.6 Å². The minimum absolute atomic E-state index is 0.106. The molecule has 1 heterocycles. The Labute approximate surface area is 136 Å². The monoisotopic (exact) mass is 360 g/mol. The number of carbonyl (C=O) groups is 1. The minimum Gasteiger partial charge on any atom is -0.326 e. The quantitative estimate of drug-likeness (QED) is 0.836. The number of sulfonamides is 1. The highest BCUT2D eigenvalue weighted by molar-refractivity contribution is 7.92. The lowest BCUT2D eigenvalue weighted by atomic mass is 10.0. The van der Waals surface area contributed by atoms with E-state index in [1.807, 2.05) is 0 Å². The number of amides is 1. The van der Waals surface area contributed by atoms with Crippen molar-refractivity contribution in [2.45, 2.75) is 19.3 Å². The molecule has 1 amide bonds. The van der Waals surface area contributed by atoms with Crippen LogP contribution >= 0.6 is 0 Å². The molecule has 1 aliphatic rings. The van der Waals surface area contributed by atoms with E-state index in [2.05, 4.69) is 5.32 Å². The zero-order valence-electron chi connectivity index (χ0n) is 13.1. The second-order valence-corrected chi connectivity index (χ2v) is 9.88. The predicted octanol–water partition coefficient (Wildman–Crippen LogP) is 0.772. The normalized spacial score (nSPS) is 15.1. The van der Waals surface area contributed by atoms with E-state index in [0.717, 1.165) is 18.2 Å². The molecule has 0 spiro atoms. The highest BCUT2D eigenvalue weighted by Gasteiger charge is 2.24. The average molecular weight is 360 g/mol. The van der Waals surface area contributed by atoms with Gasteiger partial charge >= 0.3 is 0 Å². The van der Waals surface area contributed by atoms with Crippen LogP contribution in [0, 0.1) is 0 Å². The van der Waals surface area contributed by atoms with Crippen molar-refractivity contribution in [1.29, 1.82) is 0 Å². The Bertz CT molecular complexity index is 816. The van der Waals surface area contributed by atoms with Crippen molar-refractivity contribution < 1.29 is 21.6 Å². The summed E-state index contributed by atoms with van der Waals surface area (Å²) < 4.78 is 47.1. The van der Waals surface area contributed by atoms with Crippen LogP contribution in [0.5, 0.6) is 0 Å². The summed E-state index contributed by atoms with van der Waals surface area (Å²) in [6.07, 6.45) is 3.59. The maximum atomic E-state index is 11.8. The zero-order chi connectivity index (χ0) is 17.3. The van der Waals surface area contributed by atoms with Crippen molar-refractivity contribution >= 4 is 37.1 Å². The number of nitrogens with zero attached hydrogens (tertiary/aromatic N) is 1. The molecule has 0 atom stereocenters. The van der Waals surface area contributed by atoms with E-state index in [4.69, 9.17) is 0 Å². The fourth-order valence-electron chi connectivity index (χ4n) is 2.49. The summed E-state index contributed by atoms with van der Waals surface area (Å²) in [4.78, 5) is 11.8. The molecule has 1 aliphatic heterocycles. The van der Waals surface area contributed by atoms with Gasteiger partial charge < -0.3 is 5.32 Å². The Morgan fingerprint density at radius 3 is 2.52 bits per heavy atom. The molecular formula is C14H20N2O5S2. The Hall–Kier alpha value is -1.61.